The number of H-pyrrole nitrogens is 1. The van der Waals surface area contributed by atoms with Gasteiger partial charge in [0.1, 0.15) is 28.6 Å². The van der Waals surface area contributed by atoms with Gasteiger partial charge in [0.25, 0.3) is 0 Å². The molecule has 0 unspecified atom stereocenters. The molecule has 3 aromatic heterocycles. The maximum atomic E-state index is 12.7. The molecule has 6 nitrogen and oxygen atoms in total. The highest BCUT2D eigenvalue weighted by Gasteiger charge is 2.31. The number of rotatable bonds is 4. The fourth-order valence-electron chi connectivity index (χ4n) is 3.58. The summed E-state index contributed by atoms with van der Waals surface area (Å²) in [6.45, 7) is 1.76. The minimum absolute atomic E-state index is 0.0571. The number of fused-ring (bicyclic) bond motifs is 2. The number of benzene rings is 2. The van der Waals surface area contributed by atoms with Crippen LogP contribution in [-0.4, -0.2) is 20.7 Å². The molecule has 0 radical (unpaired) electrons. The molecular formula is C24H16F3N3O3. The molecule has 0 saturated carbocycles. The topological polar surface area (TPSA) is 68.6 Å². The maximum absolute atomic E-state index is 12.7. The van der Waals surface area contributed by atoms with Gasteiger partial charge in [-0.3, -0.25) is 4.79 Å². The van der Waals surface area contributed by atoms with E-state index in [2.05, 4.69) is 14.7 Å². The molecule has 166 valence electrons. The van der Waals surface area contributed by atoms with Crippen LogP contribution in [0.15, 0.2) is 77.9 Å². The fourth-order valence-corrected chi connectivity index (χ4v) is 3.58. The summed E-state index contributed by atoms with van der Waals surface area (Å²) in [7, 11) is 0. The number of aromatic amines is 1. The molecule has 0 aliphatic heterocycles. The van der Waals surface area contributed by atoms with Crippen LogP contribution in [-0.2, 0) is 0 Å². The molecule has 1 N–H and O–H groups in total. The van der Waals surface area contributed by atoms with Crippen LogP contribution < -0.4 is 14.9 Å². The third kappa shape index (κ3) is 4.12. The minimum atomic E-state index is -4.75. The second kappa shape index (κ2) is 7.70. The summed E-state index contributed by atoms with van der Waals surface area (Å²) in [5, 5.41) is 0.616. The average molecular weight is 451 g/mol. The van der Waals surface area contributed by atoms with E-state index in [0.717, 1.165) is 5.52 Å². The number of para-hydroxylation sites is 1. The summed E-state index contributed by atoms with van der Waals surface area (Å²) in [5.74, 6) is 0.464. The normalized spacial score (nSPS) is 11.8. The van der Waals surface area contributed by atoms with Crippen LogP contribution in [0.1, 0.15) is 5.56 Å². The number of halogens is 3. The number of alkyl halides is 3. The zero-order valence-electron chi connectivity index (χ0n) is 17.2. The highest BCUT2D eigenvalue weighted by Crippen LogP contribution is 2.29. The molecule has 0 aliphatic carbocycles. The van der Waals surface area contributed by atoms with Crippen molar-refractivity contribution in [1.82, 2.24) is 14.4 Å². The first-order valence-corrected chi connectivity index (χ1v) is 9.91. The molecule has 5 rings (SSSR count). The van der Waals surface area contributed by atoms with E-state index >= 15 is 0 Å². The molecule has 9 heteroatoms. The van der Waals surface area contributed by atoms with Crippen LogP contribution in [0.4, 0.5) is 13.2 Å². The first-order valence-electron chi connectivity index (χ1n) is 9.91. The zero-order valence-corrected chi connectivity index (χ0v) is 17.2. The van der Waals surface area contributed by atoms with Crippen molar-refractivity contribution < 1.29 is 22.6 Å². The highest BCUT2D eigenvalue weighted by molar-refractivity contribution is 5.82. The molecule has 5 aromatic rings. The first kappa shape index (κ1) is 20.6. The van der Waals surface area contributed by atoms with Gasteiger partial charge in [-0.05, 0) is 49.4 Å². The molecule has 0 saturated heterocycles. The Hall–Kier alpha value is -4.27. The zero-order chi connectivity index (χ0) is 23.2. The molecule has 33 heavy (non-hydrogen) atoms. The Morgan fingerprint density at radius 1 is 0.970 bits per heavy atom. The molecule has 0 bridgehead atoms. The molecule has 3 heterocycles. The Kier molecular flexibility index (Phi) is 4.81. The van der Waals surface area contributed by atoms with Crippen LogP contribution in [0.2, 0.25) is 0 Å². The third-order valence-electron chi connectivity index (χ3n) is 5.13. The predicted octanol–water partition coefficient (Wildman–Crippen LogP) is 5.84. The molecule has 0 fully saturated rings. The van der Waals surface area contributed by atoms with Crippen molar-refractivity contribution in [2.75, 3.05) is 0 Å². The quantitative estimate of drug-likeness (QED) is 0.373. The van der Waals surface area contributed by atoms with E-state index in [1.807, 2.05) is 18.2 Å². The van der Waals surface area contributed by atoms with Crippen LogP contribution >= 0.6 is 0 Å². The molecule has 0 aliphatic rings. The van der Waals surface area contributed by atoms with Crippen LogP contribution in [0, 0.1) is 6.92 Å². The monoisotopic (exact) mass is 451 g/mol. The van der Waals surface area contributed by atoms with Crippen molar-refractivity contribution >= 4 is 16.6 Å². The Morgan fingerprint density at radius 2 is 1.70 bits per heavy atom. The van der Waals surface area contributed by atoms with Crippen molar-refractivity contribution in [3.05, 3.63) is 88.8 Å². The van der Waals surface area contributed by atoms with Gasteiger partial charge < -0.3 is 18.9 Å². The number of imidazole rings is 1. The lowest BCUT2D eigenvalue weighted by atomic mass is 10.1. The van der Waals surface area contributed by atoms with E-state index in [1.54, 1.807) is 41.9 Å². The number of pyridine rings is 2. The summed E-state index contributed by atoms with van der Waals surface area (Å²) in [6.07, 6.45) is -1.20. The Balaban J connectivity index is 1.45. The summed E-state index contributed by atoms with van der Waals surface area (Å²) >= 11 is 0. The van der Waals surface area contributed by atoms with Crippen molar-refractivity contribution in [2.24, 2.45) is 0 Å². The van der Waals surface area contributed by atoms with E-state index < -0.39 is 6.36 Å². The van der Waals surface area contributed by atoms with Crippen LogP contribution in [0.25, 0.3) is 27.9 Å². The lowest BCUT2D eigenvalue weighted by molar-refractivity contribution is -0.274. The van der Waals surface area contributed by atoms with Gasteiger partial charge in [-0.2, -0.15) is 0 Å². The highest BCUT2D eigenvalue weighted by atomic mass is 19.4. The number of hydrogen-bond acceptors (Lipinski definition) is 4. The van der Waals surface area contributed by atoms with E-state index in [1.165, 1.54) is 24.3 Å². The fraction of sp³-hybridized carbons (Fsp3) is 0.0833. The Bertz CT molecular complexity index is 1540. The number of hydrogen-bond donors (Lipinski definition) is 1. The van der Waals surface area contributed by atoms with Gasteiger partial charge in [-0.1, -0.05) is 12.1 Å². The van der Waals surface area contributed by atoms with E-state index in [-0.39, 0.29) is 11.2 Å². The number of nitrogens with zero attached hydrogens (tertiary/aromatic N) is 2. The minimum Gasteiger partial charge on any atom is -0.457 e. The maximum Gasteiger partial charge on any atom is 0.573 e. The average Bonchev–Trinajstić information content (AvgIpc) is 3.20. The molecule has 0 amide bonds. The molecule has 2 aromatic carbocycles. The van der Waals surface area contributed by atoms with Crippen molar-refractivity contribution in [3.8, 4) is 28.6 Å². The van der Waals surface area contributed by atoms with Gasteiger partial charge in [0, 0.05) is 34.9 Å². The van der Waals surface area contributed by atoms with Crippen molar-refractivity contribution in [2.45, 2.75) is 13.3 Å². The number of aromatic nitrogens is 3. The first-order chi connectivity index (χ1) is 15.8. The van der Waals surface area contributed by atoms with Gasteiger partial charge in [-0.25, -0.2) is 4.98 Å². The molecule has 0 spiro atoms. The Morgan fingerprint density at radius 3 is 2.45 bits per heavy atom. The largest absolute Gasteiger partial charge is 0.573 e. The standard InChI is InChI=1S/C24H16F3N3O3/c1-14-22(29-19-5-3-2-4-18(19)23(14)31)20-13-30-11-10-17(12-21(30)28-20)32-15-6-8-16(9-7-15)33-24(25,26)27/h2-13H,1H3,(H,29,31). The summed E-state index contributed by atoms with van der Waals surface area (Å²) in [5.41, 5.74) is 3.04. The SMILES string of the molecule is Cc1c(-c2cn3ccc(Oc4ccc(OC(F)(F)F)cc4)cc3n2)[nH]c2ccccc2c1=O. The van der Waals surface area contributed by atoms with E-state index in [4.69, 9.17) is 4.74 Å². The predicted molar refractivity (Wildman–Crippen MR) is 117 cm³/mol. The summed E-state index contributed by atoms with van der Waals surface area (Å²) in [6, 6.07) is 15.8. The van der Waals surface area contributed by atoms with Crippen molar-refractivity contribution in [3.63, 3.8) is 0 Å². The van der Waals surface area contributed by atoms with Crippen LogP contribution in [0.5, 0.6) is 17.2 Å². The summed E-state index contributed by atoms with van der Waals surface area (Å²) in [4.78, 5) is 20.7. The lowest BCUT2D eigenvalue weighted by Crippen LogP contribution is -2.16. The van der Waals surface area contributed by atoms with Crippen molar-refractivity contribution in [1.29, 1.82) is 0 Å². The second-order valence-corrected chi connectivity index (χ2v) is 7.38. The van der Waals surface area contributed by atoms with Gasteiger partial charge in [-0.15, -0.1) is 13.2 Å². The van der Waals surface area contributed by atoms with E-state index in [0.29, 0.717) is 39.5 Å². The third-order valence-corrected chi connectivity index (χ3v) is 5.13. The molecule has 0 atom stereocenters. The smallest absolute Gasteiger partial charge is 0.457 e. The van der Waals surface area contributed by atoms with Gasteiger partial charge in [0.15, 0.2) is 5.43 Å². The molecular weight excluding hydrogens is 435 g/mol. The lowest BCUT2D eigenvalue weighted by Gasteiger charge is -2.10. The van der Waals surface area contributed by atoms with Gasteiger partial charge in [0.05, 0.1) is 5.69 Å². The number of ether oxygens (including phenoxy) is 2. The second-order valence-electron chi connectivity index (χ2n) is 7.38. The Labute approximate surface area is 184 Å². The van der Waals surface area contributed by atoms with E-state index in [9.17, 15) is 18.0 Å². The van der Waals surface area contributed by atoms with Gasteiger partial charge in [0.2, 0.25) is 0 Å². The number of nitrogens with one attached hydrogen (secondary N) is 1. The van der Waals surface area contributed by atoms with Gasteiger partial charge >= 0.3 is 6.36 Å². The van der Waals surface area contributed by atoms with Crippen LogP contribution in [0.3, 0.4) is 0 Å². The summed E-state index contributed by atoms with van der Waals surface area (Å²) < 4.78 is 48.3.